The van der Waals surface area contributed by atoms with Crippen molar-refractivity contribution in [3.05, 3.63) is 18.5 Å². The van der Waals surface area contributed by atoms with Gasteiger partial charge in [0.05, 0.1) is 6.42 Å². The standard InChI is InChI=1S/C17H24N4O3/c22-14(12-17(13-15(23)24)4-1-2-5-17)20-8-10-21(11-9-20)16-18-6-3-7-19-16/h3,6-7H,1-2,4-5,8-13H2,(H,23,24). The van der Waals surface area contributed by atoms with Gasteiger partial charge in [-0.25, -0.2) is 9.97 Å². The van der Waals surface area contributed by atoms with Crippen molar-refractivity contribution in [2.75, 3.05) is 31.1 Å². The number of anilines is 1. The minimum atomic E-state index is -0.796. The van der Waals surface area contributed by atoms with E-state index < -0.39 is 5.97 Å². The van der Waals surface area contributed by atoms with Gasteiger partial charge in [0.25, 0.3) is 0 Å². The molecule has 1 aromatic heterocycles. The summed E-state index contributed by atoms with van der Waals surface area (Å²) >= 11 is 0. The van der Waals surface area contributed by atoms with Gasteiger partial charge in [-0.2, -0.15) is 0 Å². The normalized spacial score (nSPS) is 20.2. The number of rotatable bonds is 5. The Morgan fingerprint density at radius 2 is 1.67 bits per heavy atom. The molecule has 0 bridgehead atoms. The van der Waals surface area contributed by atoms with Crippen LogP contribution in [0.15, 0.2) is 18.5 Å². The fourth-order valence-electron chi connectivity index (χ4n) is 3.90. The van der Waals surface area contributed by atoms with Gasteiger partial charge in [0.1, 0.15) is 0 Å². The molecule has 0 atom stereocenters. The molecule has 130 valence electrons. The van der Waals surface area contributed by atoms with Crippen molar-refractivity contribution in [3.8, 4) is 0 Å². The third kappa shape index (κ3) is 3.83. The summed E-state index contributed by atoms with van der Waals surface area (Å²) in [5.41, 5.74) is -0.331. The van der Waals surface area contributed by atoms with Crippen LogP contribution in [0.5, 0.6) is 0 Å². The maximum Gasteiger partial charge on any atom is 0.303 e. The fraction of sp³-hybridized carbons (Fsp3) is 0.647. The Balaban J connectivity index is 1.56. The average molecular weight is 332 g/mol. The van der Waals surface area contributed by atoms with Crippen LogP contribution >= 0.6 is 0 Å². The number of nitrogens with zero attached hydrogens (tertiary/aromatic N) is 4. The first-order valence-corrected chi connectivity index (χ1v) is 8.60. The molecule has 1 saturated heterocycles. The van der Waals surface area contributed by atoms with E-state index in [1.54, 1.807) is 18.5 Å². The largest absolute Gasteiger partial charge is 0.481 e. The Hall–Kier alpha value is -2.18. The Bertz CT molecular complexity index is 579. The summed E-state index contributed by atoms with van der Waals surface area (Å²) in [5.74, 6) is -0.00901. The van der Waals surface area contributed by atoms with E-state index in [0.717, 1.165) is 25.7 Å². The number of piperazine rings is 1. The first-order valence-electron chi connectivity index (χ1n) is 8.60. The summed E-state index contributed by atoms with van der Waals surface area (Å²) < 4.78 is 0. The lowest BCUT2D eigenvalue weighted by Gasteiger charge is -2.37. The molecular formula is C17H24N4O3. The summed E-state index contributed by atoms with van der Waals surface area (Å²) in [6.07, 6.45) is 7.66. The molecule has 0 aromatic carbocycles. The number of carbonyl (C=O) groups is 2. The second-order valence-electron chi connectivity index (χ2n) is 6.87. The fourth-order valence-corrected chi connectivity index (χ4v) is 3.90. The number of aliphatic carboxylic acids is 1. The molecule has 24 heavy (non-hydrogen) atoms. The molecule has 2 aliphatic rings. The van der Waals surface area contributed by atoms with Crippen LogP contribution in [0.3, 0.4) is 0 Å². The Morgan fingerprint density at radius 1 is 1.04 bits per heavy atom. The number of amides is 1. The summed E-state index contributed by atoms with van der Waals surface area (Å²) in [5, 5.41) is 9.18. The Morgan fingerprint density at radius 3 is 2.25 bits per heavy atom. The van der Waals surface area contributed by atoms with Gasteiger partial charge in [-0.05, 0) is 24.3 Å². The number of carbonyl (C=O) groups excluding carboxylic acids is 1. The third-order valence-electron chi connectivity index (χ3n) is 5.18. The minimum Gasteiger partial charge on any atom is -0.481 e. The lowest BCUT2D eigenvalue weighted by atomic mass is 9.79. The SMILES string of the molecule is O=C(O)CC1(CC(=O)N2CCN(c3ncccn3)CC2)CCCC1. The van der Waals surface area contributed by atoms with E-state index in [9.17, 15) is 14.7 Å². The van der Waals surface area contributed by atoms with E-state index in [2.05, 4.69) is 14.9 Å². The van der Waals surface area contributed by atoms with Crippen molar-refractivity contribution in [1.29, 1.82) is 0 Å². The van der Waals surface area contributed by atoms with Crippen molar-refractivity contribution in [2.45, 2.75) is 38.5 Å². The highest BCUT2D eigenvalue weighted by Crippen LogP contribution is 2.44. The lowest BCUT2D eigenvalue weighted by Crippen LogP contribution is -2.50. The van der Waals surface area contributed by atoms with Crippen LogP contribution < -0.4 is 4.90 Å². The molecule has 1 aliphatic heterocycles. The molecule has 0 spiro atoms. The zero-order valence-electron chi connectivity index (χ0n) is 13.9. The van der Waals surface area contributed by atoms with Crippen molar-refractivity contribution in [1.82, 2.24) is 14.9 Å². The van der Waals surface area contributed by atoms with Gasteiger partial charge in [0.2, 0.25) is 11.9 Å². The van der Waals surface area contributed by atoms with Gasteiger partial charge in [-0.1, -0.05) is 12.8 Å². The van der Waals surface area contributed by atoms with Gasteiger partial charge in [-0.3, -0.25) is 9.59 Å². The average Bonchev–Trinajstić information content (AvgIpc) is 3.03. The summed E-state index contributed by atoms with van der Waals surface area (Å²) in [7, 11) is 0. The molecule has 2 fully saturated rings. The highest BCUT2D eigenvalue weighted by molar-refractivity contribution is 5.78. The molecule has 2 heterocycles. The van der Waals surface area contributed by atoms with Gasteiger partial charge >= 0.3 is 5.97 Å². The molecule has 1 aromatic rings. The van der Waals surface area contributed by atoms with Crippen LogP contribution in [-0.2, 0) is 9.59 Å². The van der Waals surface area contributed by atoms with Gasteiger partial charge < -0.3 is 14.9 Å². The maximum absolute atomic E-state index is 12.7. The zero-order valence-corrected chi connectivity index (χ0v) is 13.9. The van der Waals surface area contributed by atoms with E-state index in [1.165, 1.54) is 0 Å². The third-order valence-corrected chi connectivity index (χ3v) is 5.18. The van der Waals surface area contributed by atoms with Crippen LogP contribution in [-0.4, -0.2) is 58.0 Å². The van der Waals surface area contributed by atoms with Crippen LogP contribution in [0.25, 0.3) is 0 Å². The molecular weight excluding hydrogens is 308 g/mol. The second kappa shape index (κ2) is 7.15. The zero-order chi connectivity index (χ0) is 17.0. The number of hydrogen-bond donors (Lipinski definition) is 1. The molecule has 1 amide bonds. The van der Waals surface area contributed by atoms with E-state index in [0.29, 0.717) is 38.5 Å². The highest BCUT2D eigenvalue weighted by atomic mass is 16.4. The minimum absolute atomic E-state index is 0.0896. The van der Waals surface area contributed by atoms with Gasteiger partial charge in [0, 0.05) is 45.0 Å². The first kappa shape index (κ1) is 16.7. The van der Waals surface area contributed by atoms with E-state index in [1.807, 2.05) is 4.90 Å². The van der Waals surface area contributed by atoms with Crippen LogP contribution in [0, 0.1) is 5.41 Å². The predicted octanol–water partition coefficient (Wildman–Crippen LogP) is 1.55. The van der Waals surface area contributed by atoms with E-state index in [-0.39, 0.29) is 17.7 Å². The monoisotopic (exact) mass is 332 g/mol. The van der Waals surface area contributed by atoms with Crippen LogP contribution in [0.2, 0.25) is 0 Å². The quantitative estimate of drug-likeness (QED) is 0.880. The van der Waals surface area contributed by atoms with Crippen molar-refractivity contribution < 1.29 is 14.7 Å². The maximum atomic E-state index is 12.7. The highest BCUT2D eigenvalue weighted by Gasteiger charge is 2.39. The summed E-state index contributed by atoms with van der Waals surface area (Å²) in [6.45, 7) is 2.70. The van der Waals surface area contributed by atoms with Crippen LogP contribution in [0.1, 0.15) is 38.5 Å². The van der Waals surface area contributed by atoms with Gasteiger partial charge in [-0.15, -0.1) is 0 Å². The molecule has 1 aliphatic carbocycles. The van der Waals surface area contributed by atoms with Crippen molar-refractivity contribution >= 4 is 17.8 Å². The molecule has 0 unspecified atom stereocenters. The lowest BCUT2D eigenvalue weighted by molar-refractivity contribution is -0.141. The molecule has 0 radical (unpaired) electrons. The predicted molar refractivity (Wildman–Crippen MR) is 88.6 cm³/mol. The van der Waals surface area contributed by atoms with Crippen LogP contribution in [0.4, 0.5) is 5.95 Å². The number of hydrogen-bond acceptors (Lipinski definition) is 5. The van der Waals surface area contributed by atoms with E-state index in [4.69, 9.17) is 0 Å². The number of carboxylic acids is 1. The topological polar surface area (TPSA) is 86.6 Å². The summed E-state index contributed by atoms with van der Waals surface area (Å²) in [6, 6.07) is 1.78. The Kier molecular flexibility index (Phi) is 4.97. The molecule has 1 saturated carbocycles. The van der Waals surface area contributed by atoms with Gasteiger partial charge in [0.15, 0.2) is 0 Å². The van der Waals surface area contributed by atoms with Crippen molar-refractivity contribution in [3.63, 3.8) is 0 Å². The molecule has 3 rings (SSSR count). The molecule has 7 heteroatoms. The molecule has 1 N–H and O–H groups in total. The second-order valence-corrected chi connectivity index (χ2v) is 6.87. The number of aromatic nitrogens is 2. The van der Waals surface area contributed by atoms with Crippen molar-refractivity contribution in [2.24, 2.45) is 5.41 Å². The number of carboxylic acid groups (broad SMARTS) is 1. The smallest absolute Gasteiger partial charge is 0.303 e. The Labute approximate surface area is 141 Å². The molecule has 7 nitrogen and oxygen atoms in total. The van der Waals surface area contributed by atoms with E-state index >= 15 is 0 Å². The summed E-state index contributed by atoms with van der Waals surface area (Å²) in [4.78, 5) is 36.3. The first-order chi connectivity index (χ1) is 11.6.